The minimum atomic E-state index is 0.0292. The van der Waals surface area contributed by atoms with Crippen LogP contribution < -0.4 is 11.1 Å². The molecule has 2 unspecified atom stereocenters. The number of nitrogens with one attached hydrogen (secondary N) is 2. The van der Waals surface area contributed by atoms with Crippen LogP contribution in [0.1, 0.15) is 52.1 Å². The van der Waals surface area contributed by atoms with E-state index in [9.17, 15) is 4.79 Å². The topological polar surface area (TPSA) is 83.8 Å². The summed E-state index contributed by atoms with van der Waals surface area (Å²) in [5, 5.41) is 10.1. The summed E-state index contributed by atoms with van der Waals surface area (Å²) >= 11 is 0. The Hall–Kier alpha value is -1.36. The molecule has 2 atom stereocenters. The van der Waals surface area contributed by atoms with E-state index in [0.717, 1.165) is 37.8 Å². The highest BCUT2D eigenvalue weighted by Gasteiger charge is 2.25. The number of hydrogen-bond donors (Lipinski definition) is 3. The van der Waals surface area contributed by atoms with E-state index in [1.165, 1.54) is 0 Å². The Morgan fingerprint density at radius 1 is 1.50 bits per heavy atom. The molecule has 0 bridgehead atoms. The van der Waals surface area contributed by atoms with Gasteiger partial charge in [-0.15, -0.1) is 0 Å². The minimum absolute atomic E-state index is 0.0292. The van der Waals surface area contributed by atoms with Crippen LogP contribution in [-0.4, -0.2) is 22.1 Å². The molecule has 1 aromatic heterocycles. The molecule has 5 nitrogen and oxygen atoms in total. The first kappa shape index (κ1) is 15.0. The fourth-order valence-electron chi connectivity index (χ4n) is 2.78. The maximum absolute atomic E-state index is 12.2. The van der Waals surface area contributed by atoms with E-state index in [-0.39, 0.29) is 23.3 Å². The first-order valence-corrected chi connectivity index (χ1v) is 7.44. The van der Waals surface area contributed by atoms with Crippen molar-refractivity contribution in [1.29, 1.82) is 0 Å². The van der Waals surface area contributed by atoms with E-state index >= 15 is 0 Å². The van der Waals surface area contributed by atoms with E-state index in [1.54, 1.807) is 0 Å². The van der Waals surface area contributed by atoms with E-state index in [1.807, 2.05) is 6.07 Å². The zero-order valence-corrected chi connectivity index (χ0v) is 12.7. The van der Waals surface area contributed by atoms with Crippen molar-refractivity contribution in [3.05, 3.63) is 11.8 Å². The number of hydrogen-bond acceptors (Lipinski definition) is 3. The third kappa shape index (κ3) is 4.34. The predicted molar refractivity (Wildman–Crippen MR) is 80.3 cm³/mol. The Morgan fingerprint density at radius 3 is 2.90 bits per heavy atom. The highest BCUT2D eigenvalue weighted by Crippen LogP contribution is 2.25. The van der Waals surface area contributed by atoms with Gasteiger partial charge in [-0.3, -0.25) is 9.89 Å². The van der Waals surface area contributed by atoms with Crippen LogP contribution in [-0.2, 0) is 11.2 Å². The van der Waals surface area contributed by atoms with Crippen molar-refractivity contribution in [3.8, 4) is 0 Å². The van der Waals surface area contributed by atoms with Crippen LogP contribution in [0.5, 0.6) is 0 Å². The normalized spacial score (nSPS) is 23.6. The number of rotatable bonds is 3. The summed E-state index contributed by atoms with van der Waals surface area (Å²) in [6, 6.07) is 2.08. The lowest BCUT2D eigenvalue weighted by Crippen LogP contribution is -2.34. The summed E-state index contributed by atoms with van der Waals surface area (Å²) in [5.41, 5.74) is 7.18. The standard InChI is InChI=1S/C15H26N4O/c1-15(2,3)9-12-8-13(19-18-12)17-14(20)10-5-4-6-11(16)7-10/h8,10-11H,4-7,9,16H2,1-3H3,(H2,17,18,19,20). The van der Waals surface area contributed by atoms with Crippen LogP contribution in [0, 0.1) is 11.3 Å². The number of aromatic nitrogens is 2. The average Bonchev–Trinajstić information content (AvgIpc) is 2.74. The van der Waals surface area contributed by atoms with Gasteiger partial charge in [-0.1, -0.05) is 27.2 Å². The smallest absolute Gasteiger partial charge is 0.228 e. The van der Waals surface area contributed by atoms with E-state index in [2.05, 4.69) is 36.3 Å². The molecule has 0 spiro atoms. The van der Waals surface area contributed by atoms with Crippen LogP contribution in [0.4, 0.5) is 5.82 Å². The van der Waals surface area contributed by atoms with Crippen molar-refractivity contribution in [1.82, 2.24) is 10.2 Å². The Morgan fingerprint density at radius 2 is 2.25 bits per heavy atom. The molecule has 5 heteroatoms. The monoisotopic (exact) mass is 278 g/mol. The zero-order valence-electron chi connectivity index (χ0n) is 12.7. The number of aromatic amines is 1. The fraction of sp³-hybridized carbons (Fsp3) is 0.733. The van der Waals surface area contributed by atoms with Gasteiger partial charge >= 0.3 is 0 Å². The van der Waals surface area contributed by atoms with Gasteiger partial charge in [0.1, 0.15) is 0 Å². The molecule has 112 valence electrons. The van der Waals surface area contributed by atoms with Crippen molar-refractivity contribution in [3.63, 3.8) is 0 Å². The highest BCUT2D eigenvalue weighted by atomic mass is 16.1. The number of carbonyl (C=O) groups is 1. The second-order valence-corrected chi connectivity index (χ2v) is 7.13. The zero-order chi connectivity index (χ0) is 14.8. The Bertz CT molecular complexity index is 461. The average molecular weight is 278 g/mol. The molecule has 0 aliphatic heterocycles. The van der Waals surface area contributed by atoms with E-state index < -0.39 is 0 Å². The first-order chi connectivity index (χ1) is 9.33. The van der Waals surface area contributed by atoms with Crippen LogP contribution >= 0.6 is 0 Å². The second-order valence-electron chi connectivity index (χ2n) is 7.13. The van der Waals surface area contributed by atoms with E-state index in [0.29, 0.717) is 5.82 Å². The Labute approximate surface area is 120 Å². The molecule has 1 aromatic rings. The molecule has 20 heavy (non-hydrogen) atoms. The molecule has 4 N–H and O–H groups in total. The van der Waals surface area contributed by atoms with Crippen LogP contribution in [0.2, 0.25) is 0 Å². The molecule has 1 heterocycles. The van der Waals surface area contributed by atoms with Crippen LogP contribution in [0.15, 0.2) is 6.07 Å². The molecule has 0 radical (unpaired) electrons. The van der Waals surface area contributed by atoms with Gasteiger partial charge in [0.2, 0.25) is 5.91 Å². The molecule has 1 aliphatic carbocycles. The minimum Gasteiger partial charge on any atom is -0.328 e. The number of carbonyl (C=O) groups excluding carboxylic acids is 1. The summed E-state index contributed by atoms with van der Waals surface area (Å²) in [6.07, 6.45) is 4.69. The molecule has 1 fully saturated rings. The fourth-order valence-corrected chi connectivity index (χ4v) is 2.78. The number of H-pyrrole nitrogens is 1. The molecule has 1 aliphatic rings. The molecule has 2 rings (SSSR count). The first-order valence-electron chi connectivity index (χ1n) is 7.44. The Balaban J connectivity index is 1.91. The van der Waals surface area contributed by atoms with Crippen LogP contribution in [0.3, 0.4) is 0 Å². The maximum atomic E-state index is 12.2. The van der Waals surface area contributed by atoms with Gasteiger partial charge in [0.05, 0.1) is 0 Å². The van der Waals surface area contributed by atoms with Crippen molar-refractivity contribution in [2.45, 2.75) is 58.9 Å². The molecule has 1 amide bonds. The molecular weight excluding hydrogens is 252 g/mol. The highest BCUT2D eigenvalue weighted by molar-refractivity contribution is 5.91. The number of nitrogens with zero attached hydrogens (tertiary/aromatic N) is 1. The lowest BCUT2D eigenvalue weighted by molar-refractivity contribution is -0.120. The van der Waals surface area contributed by atoms with E-state index in [4.69, 9.17) is 5.73 Å². The maximum Gasteiger partial charge on any atom is 0.228 e. The lowest BCUT2D eigenvalue weighted by atomic mass is 9.85. The quantitative estimate of drug-likeness (QED) is 0.794. The van der Waals surface area contributed by atoms with Gasteiger partial charge < -0.3 is 11.1 Å². The molecule has 1 saturated carbocycles. The van der Waals surface area contributed by atoms with Crippen molar-refractivity contribution in [2.24, 2.45) is 17.1 Å². The van der Waals surface area contributed by atoms with Crippen molar-refractivity contribution in [2.75, 3.05) is 5.32 Å². The largest absolute Gasteiger partial charge is 0.328 e. The SMILES string of the molecule is CC(C)(C)Cc1cc(NC(=O)C2CCCC(N)C2)n[nH]1. The third-order valence-electron chi connectivity index (χ3n) is 3.69. The summed E-state index contributed by atoms with van der Waals surface area (Å²) in [7, 11) is 0. The summed E-state index contributed by atoms with van der Waals surface area (Å²) in [4.78, 5) is 12.2. The Kier molecular flexibility index (Phi) is 4.48. The molecule has 0 saturated heterocycles. The summed E-state index contributed by atoms with van der Waals surface area (Å²) in [6.45, 7) is 6.53. The molecule has 0 aromatic carbocycles. The number of nitrogens with two attached hydrogens (primary N) is 1. The second kappa shape index (κ2) is 5.95. The summed E-state index contributed by atoms with van der Waals surface area (Å²) in [5.74, 6) is 0.698. The van der Waals surface area contributed by atoms with Gasteiger partial charge in [-0.05, 0) is 31.1 Å². The van der Waals surface area contributed by atoms with Crippen LogP contribution in [0.25, 0.3) is 0 Å². The van der Waals surface area contributed by atoms with Gasteiger partial charge in [-0.2, -0.15) is 5.10 Å². The summed E-state index contributed by atoms with van der Waals surface area (Å²) < 4.78 is 0. The van der Waals surface area contributed by atoms with Gasteiger partial charge in [-0.25, -0.2) is 0 Å². The third-order valence-corrected chi connectivity index (χ3v) is 3.69. The van der Waals surface area contributed by atoms with Gasteiger partial charge in [0, 0.05) is 23.7 Å². The molecular formula is C15H26N4O. The van der Waals surface area contributed by atoms with Crippen molar-refractivity contribution >= 4 is 11.7 Å². The number of anilines is 1. The van der Waals surface area contributed by atoms with Crippen molar-refractivity contribution < 1.29 is 4.79 Å². The van der Waals surface area contributed by atoms with Gasteiger partial charge in [0.25, 0.3) is 0 Å². The number of amides is 1. The predicted octanol–water partition coefficient (Wildman–Crippen LogP) is 2.45. The lowest BCUT2D eigenvalue weighted by Gasteiger charge is -2.25. The van der Waals surface area contributed by atoms with Gasteiger partial charge in [0.15, 0.2) is 5.82 Å².